The van der Waals surface area contributed by atoms with E-state index in [0.29, 0.717) is 0 Å². The summed E-state index contributed by atoms with van der Waals surface area (Å²) in [7, 11) is 0. The quantitative estimate of drug-likeness (QED) is 0.599. The highest BCUT2D eigenvalue weighted by Gasteiger charge is 2.11. The van der Waals surface area contributed by atoms with E-state index >= 15 is 0 Å². The van der Waals surface area contributed by atoms with E-state index in [1.165, 1.54) is 16.7 Å². The number of fused-ring (bicyclic) bond motifs is 1. The lowest BCUT2D eigenvalue weighted by molar-refractivity contribution is 0.946. The zero-order valence-electron chi connectivity index (χ0n) is 11.8. The van der Waals surface area contributed by atoms with Gasteiger partial charge in [-0.05, 0) is 31.1 Å². The van der Waals surface area contributed by atoms with Gasteiger partial charge in [0.1, 0.15) is 9.86 Å². The number of rotatable bonds is 7. The van der Waals surface area contributed by atoms with Crippen molar-refractivity contribution in [2.24, 2.45) is 0 Å². The molecule has 0 spiro atoms. The van der Waals surface area contributed by atoms with Gasteiger partial charge in [0.25, 0.3) is 0 Å². The molecule has 0 radical (unpaired) electrons. The maximum Gasteiger partial charge on any atom is 0.225 e. The fraction of sp³-hybridized carbons (Fsp3) is 0.571. The summed E-state index contributed by atoms with van der Waals surface area (Å²) in [5, 5.41) is 5.65. The number of hydrogen-bond acceptors (Lipinski definition) is 5. The maximum absolute atomic E-state index is 4.67. The van der Waals surface area contributed by atoms with Gasteiger partial charge in [0.2, 0.25) is 5.95 Å². The molecule has 0 aliphatic rings. The molecule has 2 heterocycles. The summed E-state index contributed by atoms with van der Waals surface area (Å²) in [5.74, 6) is 1.88. The van der Waals surface area contributed by atoms with Crippen molar-refractivity contribution >= 4 is 39.3 Å². The molecule has 0 aromatic carbocycles. The van der Waals surface area contributed by atoms with Gasteiger partial charge in [0.05, 0.1) is 0 Å². The molecule has 0 atom stereocenters. The highest BCUT2D eigenvalue weighted by Crippen LogP contribution is 2.32. The lowest BCUT2D eigenvalue weighted by Gasteiger charge is -2.06. The number of aromatic nitrogens is 2. The SMILES string of the molecule is CCCNc1nc(SCCC)c2cc(CC)sc2n1. The monoisotopic (exact) mass is 295 g/mol. The molecule has 104 valence electrons. The van der Waals surface area contributed by atoms with Crippen LogP contribution in [0.5, 0.6) is 0 Å². The Morgan fingerprint density at radius 2 is 2.05 bits per heavy atom. The first kappa shape index (κ1) is 14.6. The number of anilines is 1. The van der Waals surface area contributed by atoms with Crippen molar-refractivity contribution in [3.8, 4) is 0 Å². The van der Waals surface area contributed by atoms with Gasteiger partial charge in [0.15, 0.2) is 0 Å². The van der Waals surface area contributed by atoms with Crippen LogP contribution in [0, 0.1) is 0 Å². The lowest BCUT2D eigenvalue weighted by atomic mass is 10.3. The highest BCUT2D eigenvalue weighted by atomic mass is 32.2. The van der Waals surface area contributed by atoms with Crippen molar-refractivity contribution in [1.29, 1.82) is 0 Å². The minimum Gasteiger partial charge on any atom is -0.354 e. The third-order valence-electron chi connectivity index (χ3n) is 2.73. The van der Waals surface area contributed by atoms with E-state index in [2.05, 4.69) is 42.1 Å². The number of nitrogens with zero attached hydrogens (tertiary/aromatic N) is 2. The van der Waals surface area contributed by atoms with Crippen molar-refractivity contribution in [3.63, 3.8) is 0 Å². The Balaban J connectivity index is 2.37. The fourth-order valence-electron chi connectivity index (χ4n) is 1.74. The van der Waals surface area contributed by atoms with Gasteiger partial charge in [-0.2, -0.15) is 0 Å². The van der Waals surface area contributed by atoms with Crippen LogP contribution in [-0.4, -0.2) is 22.3 Å². The first-order valence-electron chi connectivity index (χ1n) is 6.95. The number of thioether (sulfide) groups is 1. The molecule has 2 rings (SSSR count). The molecule has 0 unspecified atom stereocenters. The van der Waals surface area contributed by atoms with E-state index in [1.807, 2.05) is 11.8 Å². The van der Waals surface area contributed by atoms with Crippen LogP contribution in [-0.2, 0) is 6.42 Å². The second-order valence-corrected chi connectivity index (χ2v) is 6.61. The summed E-state index contributed by atoms with van der Waals surface area (Å²) < 4.78 is 0. The molecule has 2 aromatic heterocycles. The maximum atomic E-state index is 4.67. The van der Waals surface area contributed by atoms with Gasteiger partial charge in [0, 0.05) is 16.8 Å². The standard InChI is InChI=1S/C14H21N3S2/c1-4-7-15-14-16-12(18-8-5-2)11-9-10(6-3)19-13(11)17-14/h9H,4-8H2,1-3H3,(H,15,16,17). The van der Waals surface area contributed by atoms with Crippen LogP contribution in [0.4, 0.5) is 5.95 Å². The normalized spacial score (nSPS) is 11.1. The Bertz CT molecular complexity index is 537. The number of aryl methyl sites for hydroxylation is 1. The van der Waals surface area contributed by atoms with Crippen LogP contribution in [0.1, 0.15) is 38.5 Å². The second kappa shape index (κ2) is 7.10. The van der Waals surface area contributed by atoms with Crippen LogP contribution < -0.4 is 5.32 Å². The lowest BCUT2D eigenvalue weighted by Crippen LogP contribution is -2.04. The summed E-state index contributed by atoms with van der Waals surface area (Å²) in [6, 6.07) is 2.25. The number of thiophene rings is 1. The van der Waals surface area contributed by atoms with Crippen LogP contribution in [0.15, 0.2) is 11.1 Å². The fourth-order valence-corrected chi connectivity index (χ4v) is 3.64. The van der Waals surface area contributed by atoms with Crippen molar-refractivity contribution in [1.82, 2.24) is 9.97 Å². The zero-order chi connectivity index (χ0) is 13.7. The topological polar surface area (TPSA) is 37.8 Å². The van der Waals surface area contributed by atoms with E-state index in [9.17, 15) is 0 Å². The molecule has 0 aliphatic heterocycles. The van der Waals surface area contributed by atoms with Gasteiger partial charge < -0.3 is 5.32 Å². The largest absolute Gasteiger partial charge is 0.354 e. The summed E-state index contributed by atoms with van der Waals surface area (Å²) in [5.41, 5.74) is 0. The minimum atomic E-state index is 0.775. The average Bonchev–Trinajstić information content (AvgIpc) is 2.85. The van der Waals surface area contributed by atoms with Crippen LogP contribution in [0.25, 0.3) is 10.2 Å². The van der Waals surface area contributed by atoms with Crippen molar-refractivity contribution in [3.05, 3.63) is 10.9 Å². The summed E-state index contributed by atoms with van der Waals surface area (Å²) in [6.07, 6.45) is 3.32. The Hall–Kier alpha value is -0.810. The highest BCUT2D eigenvalue weighted by molar-refractivity contribution is 7.99. The molecule has 2 aromatic rings. The van der Waals surface area contributed by atoms with E-state index in [0.717, 1.165) is 40.9 Å². The first-order chi connectivity index (χ1) is 9.28. The van der Waals surface area contributed by atoms with Crippen molar-refractivity contribution in [2.45, 2.75) is 45.1 Å². The number of hydrogen-bond donors (Lipinski definition) is 1. The molecule has 5 heteroatoms. The van der Waals surface area contributed by atoms with Crippen LogP contribution in [0.3, 0.4) is 0 Å². The molecular formula is C14H21N3S2. The molecule has 3 nitrogen and oxygen atoms in total. The number of nitrogens with one attached hydrogen (secondary N) is 1. The summed E-state index contributed by atoms with van der Waals surface area (Å²) in [4.78, 5) is 11.8. The molecule has 0 amide bonds. The molecule has 0 saturated heterocycles. The van der Waals surface area contributed by atoms with Crippen LogP contribution >= 0.6 is 23.1 Å². The third kappa shape index (κ3) is 3.60. The second-order valence-electron chi connectivity index (χ2n) is 4.41. The van der Waals surface area contributed by atoms with Crippen molar-refractivity contribution < 1.29 is 0 Å². The summed E-state index contributed by atoms with van der Waals surface area (Å²) >= 11 is 3.62. The molecule has 0 saturated carbocycles. The predicted octanol–water partition coefficient (Wildman–Crippen LogP) is 4.58. The molecule has 0 aliphatic carbocycles. The van der Waals surface area contributed by atoms with E-state index in [-0.39, 0.29) is 0 Å². The van der Waals surface area contributed by atoms with Gasteiger partial charge >= 0.3 is 0 Å². The van der Waals surface area contributed by atoms with Gasteiger partial charge in [-0.1, -0.05) is 20.8 Å². The smallest absolute Gasteiger partial charge is 0.225 e. The molecule has 19 heavy (non-hydrogen) atoms. The van der Waals surface area contributed by atoms with Gasteiger partial charge in [-0.3, -0.25) is 0 Å². The van der Waals surface area contributed by atoms with Crippen LogP contribution in [0.2, 0.25) is 0 Å². The van der Waals surface area contributed by atoms with Crippen molar-refractivity contribution in [2.75, 3.05) is 17.6 Å². The van der Waals surface area contributed by atoms with E-state index in [1.54, 1.807) is 11.3 Å². The Morgan fingerprint density at radius 3 is 2.74 bits per heavy atom. The Morgan fingerprint density at radius 1 is 1.21 bits per heavy atom. The van der Waals surface area contributed by atoms with Gasteiger partial charge in [-0.15, -0.1) is 23.1 Å². The third-order valence-corrected chi connectivity index (χ3v) is 5.10. The van der Waals surface area contributed by atoms with E-state index < -0.39 is 0 Å². The average molecular weight is 295 g/mol. The van der Waals surface area contributed by atoms with E-state index in [4.69, 9.17) is 0 Å². The molecule has 0 bridgehead atoms. The molecular weight excluding hydrogens is 274 g/mol. The Labute approximate surface area is 123 Å². The molecule has 0 fully saturated rings. The first-order valence-corrected chi connectivity index (χ1v) is 8.75. The Kier molecular flexibility index (Phi) is 5.45. The zero-order valence-corrected chi connectivity index (χ0v) is 13.5. The predicted molar refractivity (Wildman–Crippen MR) is 86.6 cm³/mol. The molecule has 1 N–H and O–H groups in total. The minimum absolute atomic E-state index is 0.775. The van der Waals surface area contributed by atoms with Gasteiger partial charge in [-0.25, -0.2) is 9.97 Å². The summed E-state index contributed by atoms with van der Waals surface area (Å²) in [6.45, 7) is 7.47.